The largest absolute Gasteiger partial charge is 0.326 e. The summed E-state index contributed by atoms with van der Waals surface area (Å²) >= 11 is 6.11. The quantitative estimate of drug-likeness (QED) is 0.839. The van der Waals surface area contributed by atoms with Crippen molar-refractivity contribution in [1.29, 1.82) is 0 Å². The Labute approximate surface area is 141 Å². The maximum atomic E-state index is 12.1. The summed E-state index contributed by atoms with van der Waals surface area (Å²) in [5.74, 6) is 0.0568. The van der Waals surface area contributed by atoms with Crippen LogP contribution < -0.4 is 5.32 Å². The second-order valence-electron chi connectivity index (χ2n) is 6.09. The number of hydrogen-bond acceptors (Lipinski definition) is 3. The Morgan fingerprint density at radius 3 is 2.87 bits per heavy atom. The van der Waals surface area contributed by atoms with Crippen molar-refractivity contribution < 1.29 is 4.79 Å². The summed E-state index contributed by atoms with van der Waals surface area (Å²) in [5.41, 5.74) is 0.773. The van der Waals surface area contributed by atoms with E-state index >= 15 is 0 Å². The standard InChI is InChI=1S/C18H22ClN3O/c19-18-16-13-15(7-6-14(16)8-9-20-18)21-17(23)5-4-12-22-10-2-1-3-11-22/h6-9,13H,1-5,10-12H2,(H,21,23). The van der Waals surface area contributed by atoms with E-state index in [-0.39, 0.29) is 5.91 Å². The molecule has 1 N–H and O–H groups in total. The van der Waals surface area contributed by atoms with Gasteiger partial charge in [0.1, 0.15) is 5.15 Å². The zero-order chi connectivity index (χ0) is 16.1. The van der Waals surface area contributed by atoms with Crippen molar-refractivity contribution in [1.82, 2.24) is 9.88 Å². The van der Waals surface area contributed by atoms with Gasteiger partial charge in [0.2, 0.25) is 5.91 Å². The Bertz CT molecular complexity index is 683. The van der Waals surface area contributed by atoms with Crippen molar-refractivity contribution in [3.8, 4) is 0 Å². The lowest BCUT2D eigenvalue weighted by atomic mass is 10.1. The van der Waals surface area contributed by atoms with Gasteiger partial charge in [-0.05, 0) is 62.5 Å². The number of halogens is 1. The van der Waals surface area contributed by atoms with Gasteiger partial charge in [0.25, 0.3) is 0 Å². The molecule has 0 atom stereocenters. The van der Waals surface area contributed by atoms with Crippen LogP contribution in [0.4, 0.5) is 5.69 Å². The fourth-order valence-corrected chi connectivity index (χ4v) is 3.30. The Morgan fingerprint density at radius 1 is 1.22 bits per heavy atom. The van der Waals surface area contributed by atoms with Gasteiger partial charge in [-0.1, -0.05) is 24.1 Å². The van der Waals surface area contributed by atoms with Gasteiger partial charge in [-0.15, -0.1) is 0 Å². The summed E-state index contributed by atoms with van der Waals surface area (Å²) in [6.45, 7) is 3.37. The number of pyridine rings is 1. The summed E-state index contributed by atoms with van der Waals surface area (Å²) in [5, 5.41) is 5.30. The first-order valence-electron chi connectivity index (χ1n) is 8.29. The maximum absolute atomic E-state index is 12.1. The number of likely N-dealkylation sites (tertiary alicyclic amines) is 1. The fraction of sp³-hybridized carbons (Fsp3) is 0.444. The summed E-state index contributed by atoms with van der Waals surface area (Å²) in [4.78, 5) is 18.6. The number of carbonyl (C=O) groups excluding carboxylic acids is 1. The molecule has 3 rings (SSSR count). The van der Waals surface area contributed by atoms with E-state index in [9.17, 15) is 4.79 Å². The number of aromatic nitrogens is 1. The molecule has 1 aromatic carbocycles. The average molecular weight is 332 g/mol. The molecule has 1 fully saturated rings. The molecule has 122 valence electrons. The second-order valence-corrected chi connectivity index (χ2v) is 6.45. The molecule has 0 radical (unpaired) electrons. The van der Waals surface area contributed by atoms with Gasteiger partial charge in [0.15, 0.2) is 0 Å². The van der Waals surface area contributed by atoms with E-state index in [2.05, 4.69) is 15.2 Å². The van der Waals surface area contributed by atoms with E-state index in [1.807, 2.05) is 24.3 Å². The van der Waals surface area contributed by atoms with Crippen LogP contribution in [0.5, 0.6) is 0 Å². The van der Waals surface area contributed by atoms with Crippen LogP contribution in [0.15, 0.2) is 30.5 Å². The van der Waals surface area contributed by atoms with Crippen LogP contribution in [-0.4, -0.2) is 35.4 Å². The molecule has 1 aliphatic heterocycles. The summed E-state index contributed by atoms with van der Waals surface area (Å²) in [6, 6.07) is 7.64. The molecule has 0 unspecified atom stereocenters. The number of carbonyl (C=O) groups is 1. The monoisotopic (exact) mass is 331 g/mol. The number of nitrogens with zero attached hydrogens (tertiary/aromatic N) is 2. The van der Waals surface area contributed by atoms with E-state index in [1.54, 1.807) is 6.20 Å². The number of hydrogen-bond donors (Lipinski definition) is 1. The highest BCUT2D eigenvalue weighted by Crippen LogP contribution is 2.24. The van der Waals surface area contributed by atoms with Crippen LogP contribution >= 0.6 is 11.6 Å². The molecule has 2 heterocycles. The normalized spacial score (nSPS) is 15.7. The van der Waals surface area contributed by atoms with Crippen LogP contribution in [0.1, 0.15) is 32.1 Å². The van der Waals surface area contributed by atoms with Crippen LogP contribution in [0.3, 0.4) is 0 Å². The van der Waals surface area contributed by atoms with Crippen molar-refractivity contribution >= 4 is 34.0 Å². The average Bonchev–Trinajstić information content (AvgIpc) is 2.57. The van der Waals surface area contributed by atoms with E-state index in [0.29, 0.717) is 11.6 Å². The molecule has 1 saturated heterocycles. The predicted octanol–water partition coefficient (Wildman–Crippen LogP) is 4.09. The zero-order valence-corrected chi connectivity index (χ0v) is 14.0. The lowest BCUT2D eigenvalue weighted by Gasteiger charge is -2.26. The highest BCUT2D eigenvalue weighted by atomic mass is 35.5. The molecule has 0 aliphatic carbocycles. The van der Waals surface area contributed by atoms with Gasteiger partial charge in [0, 0.05) is 23.7 Å². The van der Waals surface area contributed by atoms with Crippen molar-refractivity contribution in [2.24, 2.45) is 0 Å². The number of anilines is 1. The molecule has 2 aromatic rings. The number of piperidine rings is 1. The van der Waals surface area contributed by atoms with Crippen LogP contribution in [0.2, 0.25) is 5.15 Å². The summed E-state index contributed by atoms with van der Waals surface area (Å²) < 4.78 is 0. The lowest BCUT2D eigenvalue weighted by Crippen LogP contribution is -2.31. The minimum absolute atomic E-state index is 0.0568. The molecule has 1 aromatic heterocycles. The molecule has 4 nitrogen and oxygen atoms in total. The lowest BCUT2D eigenvalue weighted by molar-refractivity contribution is -0.116. The van der Waals surface area contributed by atoms with Crippen LogP contribution in [0, 0.1) is 0 Å². The predicted molar refractivity (Wildman–Crippen MR) is 94.9 cm³/mol. The van der Waals surface area contributed by atoms with Gasteiger partial charge in [-0.2, -0.15) is 0 Å². The molecule has 5 heteroatoms. The number of nitrogens with one attached hydrogen (secondary N) is 1. The number of fused-ring (bicyclic) bond motifs is 1. The number of benzene rings is 1. The topological polar surface area (TPSA) is 45.2 Å². The van der Waals surface area contributed by atoms with Crippen LogP contribution in [0.25, 0.3) is 10.8 Å². The minimum Gasteiger partial charge on any atom is -0.326 e. The van der Waals surface area contributed by atoms with Gasteiger partial charge >= 0.3 is 0 Å². The molecule has 1 aliphatic rings. The first-order chi connectivity index (χ1) is 11.2. The van der Waals surface area contributed by atoms with Gasteiger partial charge in [-0.25, -0.2) is 4.98 Å². The third kappa shape index (κ3) is 4.43. The molecular weight excluding hydrogens is 310 g/mol. The Balaban J connectivity index is 1.52. The van der Waals surface area contributed by atoms with Crippen molar-refractivity contribution in [2.45, 2.75) is 32.1 Å². The molecule has 0 saturated carbocycles. The zero-order valence-electron chi connectivity index (χ0n) is 13.2. The number of rotatable bonds is 5. The number of amides is 1. The van der Waals surface area contributed by atoms with Crippen molar-refractivity contribution in [3.63, 3.8) is 0 Å². The SMILES string of the molecule is O=C(CCCN1CCCCC1)Nc1ccc2ccnc(Cl)c2c1. The van der Waals surface area contributed by atoms with Gasteiger partial charge < -0.3 is 10.2 Å². The Morgan fingerprint density at radius 2 is 2.04 bits per heavy atom. The Hall–Kier alpha value is -1.65. The highest BCUT2D eigenvalue weighted by Gasteiger charge is 2.11. The molecule has 0 bridgehead atoms. The highest BCUT2D eigenvalue weighted by molar-refractivity contribution is 6.34. The second kappa shape index (κ2) is 7.75. The van der Waals surface area contributed by atoms with Crippen LogP contribution in [-0.2, 0) is 4.79 Å². The first-order valence-corrected chi connectivity index (χ1v) is 8.67. The van der Waals surface area contributed by atoms with Gasteiger partial charge in [-0.3, -0.25) is 4.79 Å². The van der Waals surface area contributed by atoms with Gasteiger partial charge in [0.05, 0.1) is 0 Å². The summed E-state index contributed by atoms with van der Waals surface area (Å²) in [6.07, 6.45) is 7.06. The van der Waals surface area contributed by atoms with E-state index in [1.165, 1.54) is 32.4 Å². The van der Waals surface area contributed by atoms with E-state index < -0.39 is 0 Å². The maximum Gasteiger partial charge on any atom is 0.224 e. The minimum atomic E-state index is 0.0568. The van der Waals surface area contributed by atoms with Crippen molar-refractivity contribution in [2.75, 3.05) is 25.0 Å². The molecule has 23 heavy (non-hydrogen) atoms. The third-order valence-corrected chi connectivity index (χ3v) is 4.63. The Kier molecular flexibility index (Phi) is 5.47. The molecular formula is C18H22ClN3O. The third-order valence-electron chi connectivity index (χ3n) is 4.33. The smallest absolute Gasteiger partial charge is 0.224 e. The molecule has 0 spiro atoms. The molecule has 1 amide bonds. The van der Waals surface area contributed by atoms with E-state index in [4.69, 9.17) is 11.6 Å². The first kappa shape index (κ1) is 16.2. The summed E-state index contributed by atoms with van der Waals surface area (Å²) in [7, 11) is 0. The fourth-order valence-electron chi connectivity index (χ4n) is 3.08. The van der Waals surface area contributed by atoms with E-state index in [0.717, 1.165) is 29.4 Å². The van der Waals surface area contributed by atoms with Crippen molar-refractivity contribution in [3.05, 3.63) is 35.6 Å².